The van der Waals surface area contributed by atoms with E-state index in [2.05, 4.69) is 5.32 Å². The molecule has 0 saturated carbocycles. The SMILES string of the molecule is CCC(C)(C)CC1=C(OC=O)C(c2ccc(OCc3ccccc3)cc2F)N(C(=O)c2ccccc2F)c2cccc(O)c2N1. The van der Waals surface area contributed by atoms with Gasteiger partial charge in [-0.2, -0.15) is 0 Å². The lowest BCUT2D eigenvalue weighted by molar-refractivity contribution is -0.125. The Morgan fingerprint density at radius 1 is 0.978 bits per heavy atom. The van der Waals surface area contributed by atoms with E-state index in [1.807, 2.05) is 51.1 Å². The van der Waals surface area contributed by atoms with Gasteiger partial charge in [0.15, 0.2) is 5.76 Å². The number of nitrogens with one attached hydrogen (secondary N) is 1. The maximum Gasteiger partial charge on any atom is 0.298 e. The van der Waals surface area contributed by atoms with Crippen LogP contribution in [0.4, 0.5) is 20.2 Å². The number of fused-ring (bicyclic) bond motifs is 1. The third kappa shape index (κ3) is 6.67. The maximum atomic E-state index is 16.3. The molecule has 0 saturated heterocycles. The summed E-state index contributed by atoms with van der Waals surface area (Å²) in [6, 6.07) is 22.1. The third-order valence-electron chi connectivity index (χ3n) is 7.99. The fraction of sp³-hybridized carbons (Fsp3) is 0.222. The minimum absolute atomic E-state index is 0.0339. The molecule has 4 aromatic carbocycles. The van der Waals surface area contributed by atoms with Crippen molar-refractivity contribution in [1.29, 1.82) is 0 Å². The average molecular weight is 613 g/mol. The Hall–Kier alpha value is -5.18. The molecule has 5 rings (SSSR count). The monoisotopic (exact) mass is 612 g/mol. The number of aromatic hydroxyl groups is 1. The molecule has 4 aromatic rings. The molecule has 0 fully saturated rings. The number of allylic oxidation sites excluding steroid dienone is 1. The Morgan fingerprint density at radius 2 is 1.71 bits per heavy atom. The van der Waals surface area contributed by atoms with Gasteiger partial charge in [0.05, 0.1) is 16.9 Å². The first-order valence-electron chi connectivity index (χ1n) is 14.6. The van der Waals surface area contributed by atoms with Crippen molar-refractivity contribution in [3.8, 4) is 11.5 Å². The minimum atomic E-state index is -1.39. The van der Waals surface area contributed by atoms with Gasteiger partial charge in [-0.25, -0.2) is 8.78 Å². The van der Waals surface area contributed by atoms with Gasteiger partial charge in [-0.3, -0.25) is 14.5 Å². The van der Waals surface area contributed by atoms with Crippen LogP contribution in [0.3, 0.4) is 0 Å². The van der Waals surface area contributed by atoms with Crippen LogP contribution in [0.2, 0.25) is 0 Å². The van der Waals surface area contributed by atoms with Gasteiger partial charge in [-0.15, -0.1) is 0 Å². The van der Waals surface area contributed by atoms with Gasteiger partial charge in [-0.05, 0) is 53.8 Å². The molecule has 1 amide bonds. The van der Waals surface area contributed by atoms with Crippen molar-refractivity contribution in [3.05, 3.63) is 131 Å². The summed E-state index contributed by atoms with van der Waals surface area (Å²) in [7, 11) is 0. The number of hydrogen-bond donors (Lipinski definition) is 2. The van der Waals surface area contributed by atoms with Crippen molar-refractivity contribution in [1.82, 2.24) is 0 Å². The highest BCUT2D eigenvalue weighted by molar-refractivity contribution is 6.09. The lowest BCUT2D eigenvalue weighted by Crippen LogP contribution is -2.37. The molecule has 2 N–H and O–H groups in total. The molecular weight excluding hydrogens is 578 g/mol. The van der Waals surface area contributed by atoms with E-state index in [9.17, 15) is 14.7 Å². The van der Waals surface area contributed by atoms with E-state index in [0.717, 1.165) is 23.0 Å². The molecule has 9 heteroatoms. The van der Waals surface area contributed by atoms with Gasteiger partial charge in [0.25, 0.3) is 12.4 Å². The molecule has 232 valence electrons. The second-order valence-corrected chi connectivity index (χ2v) is 11.6. The summed E-state index contributed by atoms with van der Waals surface area (Å²) in [5.74, 6) is -2.41. The standard InChI is InChI=1S/C36H34F2N2O5/c1-4-36(2,3)20-29-34(45-22-41)33(25-18-17-24(19-28(25)38)44-21-23-11-6-5-7-12-23)40(30-15-10-16-31(42)32(30)39-29)35(43)26-13-8-9-14-27(26)37/h5-19,22,33,39,42H,4,20-21H2,1-3H3. The number of amides is 1. The summed E-state index contributed by atoms with van der Waals surface area (Å²) in [6.07, 6.45) is 1.03. The number of benzene rings is 4. The fourth-order valence-electron chi connectivity index (χ4n) is 5.24. The van der Waals surface area contributed by atoms with E-state index in [1.165, 1.54) is 42.5 Å². The molecule has 0 aromatic heterocycles. The summed E-state index contributed by atoms with van der Waals surface area (Å²) in [5, 5.41) is 14.2. The van der Waals surface area contributed by atoms with Crippen LogP contribution in [0.1, 0.15) is 61.1 Å². The molecular formula is C36H34F2N2O5. The van der Waals surface area contributed by atoms with Crippen LogP contribution in [-0.2, 0) is 16.1 Å². The van der Waals surface area contributed by atoms with Gasteiger partial charge in [0.2, 0.25) is 0 Å². The van der Waals surface area contributed by atoms with Crippen LogP contribution in [0, 0.1) is 17.0 Å². The Kier molecular flexibility index (Phi) is 9.18. The smallest absolute Gasteiger partial charge is 0.298 e. The summed E-state index contributed by atoms with van der Waals surface area (Å²) in [5.41, 5.74) is 0.844. The molecule has 1 atom stereocenters. The van der Waals surface area contributed by atoms with E-state index >= 15 is 8.78 Å². The molecule has 0 spiro atoms. The second kappa shape index (κ2) is 13.2. The Morgan fingerprint density at radius 3 is 2.40 bits per heavy atom. The maximum absolute atomic E-state index is 16.3. The number of carbonyl (C=O) groups is 2. The highest BCUT2D eigenvalue weighted by Gasteiger charge is 2.41. The van der Waals surface area contributed by atoms with Crippen LogP contribution < -0.4 is 15.0 Å². The molecule has 0 radical (unpaired) electrons. The van der Waals surface area contributed by atoms with E-state index < -0.39 is 23.6 Å². The molecule has 1 aliphatic rings. The van der Waals surface area contributed by atoms with Gasteiger partial charge >= 0.3 is 0 Å². The fourth-order valence-corrected chi connectivity index (χ4v) is 5.24. The second-order valence-electron chi connectivity index (χ2n) is 11.6. The largest absolute Gasteiger partial charge is 0.506 e. The molecule has 1 aliphatic heterocycles. The van der Waals surface area contributed by atoms with Crippen LogP contribution in [0.5, 0.6) is 11.5 Å². The normalized spacial score (nSPS) is 14.7. The van der Waals surface area contributed by atoms with E-state index in [4.69, 9.17) is 9.47 Å². The van der Waals surface area contributed by atoms with Crippen LogP contribution in [0.15, 0.2) is 102 Å². The van der Waals surface area contributed by atoms with Crippen molar-refractivity contribution in [2.45, 2.75) is 46.3 Å². The van der Waals surface area contributed by atoms with Gasteiger partial charge in [0.1, 0.15) is 41.5 Å². The first-order valence-corrected chi connectivity index (χ1v) is 14.6. The first-order chi connectivity index (χ1) is 21.6. The number of nitrogens with zero attached hydrogens (tertiary/aromatic N) is 1. The number of para-hydroxylation sites is 1. The molecule has 0 aliphatic carbocycles. The molecule has 7 nitrogen and oxygen atoms in total. The predicted octanol–water partition coefficient (Wildman–Crippen LogP) is 8.27. The van der Waals surface area contributed by atoms with Crippen molar-refractivity contribution in [2.75, 3.05) is 10.2 Å². The van der Waals surface area contributed by atoms with Crippen LogP contribution in [-0.4, -0.2) is 17.5 Å². The molecule has 1 unspecified atom stereocenters. The zero-order valence-electron chi connectivity index (χ0n) is 25.2. The summed E-state index contributed by atoms with van der Waals surface area (Å²) in [4.78, 5) is 27.5. The molecule has 0 bridgehead atoms. The number of phenolic OH excluding ortho intramolecular Hbond substituents is 1. The summed E-state index contributed by atoms with van der Waals surface area (Å²) < 4.78 is 42.9. The number of halogens is 2. The molecule has 1 heterocycles. The first kappa shape index (κ1) is 31.3. The number of phenols is 1. The average Bonchev–Trinajstić information content (AvgIpc) is 3.16. The zero-order chi connectivity index (χ0) is 32.1. The number of rotatable bonds is 10. The Balaban J connectivity index is 1.73. The zero-order valence-corrected chi connectivity index (χ0v) is 25.2. The number of anilines is 2. The molecule has 45 heavy (non-hydrogen) atoms. The highest BCUT2D eigenvalue weighted by atomic mass is 19.1. The Bertz CT molecular complexity index is 1740. The number of carbonyl (C=O) groups excluding carboxylic acids is 2. The van der Waals surface area contributed by atoms with Crippen molar-refractivity contribution < 1.29 is 33.0 Å². The summed E-state index contributed by atoms with van der Waals surface area (Å²) in [6.45, 7) is 6.43. The number of ether oxygens (including phenoxy) is 2. The number of hydrogen-bond acceptors (Lipinski definition) is 6. The quantitative estimate of drug-likeness (QED) is 0.138. The lowest BCUT2D eigenvalue weighted by atomic mass is 9.84. The van der Waals surface area contributed by atoms with E-state index in [0.29, 0.717) is 12.1 Å². The van der Waals surface area contributed by atoms with Gasteiger partial charge < -0.3 is 19.9 Å². The van der Waals surface area contributed by atoms with Crippen LogP contribution in [0.25, 0.3) is 0 Å². The van der Waals surface area contributed by atoms with Gasteiger partial charge in [-0.1, -0.05) is 75.7 Å². The topological polar surface area (TPSA) is 88.1 Å². The van der Waals surface area contributed by atoms with Gasteiger partial charge in [0, 0.05) is 11.6 Å². The Labute approximate surface area is 260 Å². The third-order valence-corrected chi connectivity index (χ3v) is 7.99. The highest BCUT2D eigenvalue weighted by Crippen LogP contribution is 2.48. The predicted molar refractivity (Wildman–Crippen MR) is 168 cm³/mol. The van der Waals surface area contributed by atoms with Crippen molar-refractivity contribution in [3.63, 3.8) is 0 Å². The lowest BCUT2D eigenvalue weighted by Gasteiger charge is -2.33. The van der Waals surface area contributed by atoms with E-state index in [1.54, 1.807) is 12.1 Å². The van der Waals surface area contributed by atoms with Crippen molar-refractivity contribution >= 4 is 23.8 Å². The van der Waals surface area contributed by atoms with Crippen molar-refractivity contribution in [2.24, 2.45) is 5.41 Å². The van der Waals surface area contributed by atoms with Crippen LogP contribution >= 0.6 is 0 Å². The minimum Gasteiger partial charge on any atom is -0.506 e. The summed E-state index contributed by atoms with van der Waals surface area (Å²) >= 11 is 0. The van der Waals surface area contributed by atoms with E-state index in [-0.39, 0.29) is 58.3 Å².